The maximum absolute atomic E-state index is 10.4. The Bertz CT molecular complexity index is 319. The van der Waals surface area contributed by atoms with Crippen LogP contribution in [-0.2, 0) is 22.4 Å². The molecule has 0 spiro atoms. The van der Waals surface area contributed by atoms with Crippen molar-refractivity contribution >= 4 is 13.0 Å². The van der Waals surface area contributed by atoms with E-state index >= 15 is 0 Å². The minimum atomic E-state index is -3.88. The summed E-state index contributed by atoms with van der Waals surface area (Å²) in [5, 5.41) is 0. The molecule has 0 fully saturated rings. The van der Waals surface area contributed by atoms with Crippen LogP contribution >= 0.6 is 0 Å². The number of hydrogen-bond donors (Lipinski definition) is 1. The van der Waals surface area contributed by atoms with E-state index in [2.05, 4.69) is 0 Å². The average molecular weight is 214 g/mol. The molecule has 0 bridgehead atoms. The van der Waals surface area contributed by atoms with Crippen LogP contribution in [0.3, 0.4) is 0 Å². The molecule has 1 rings (SSSR count). The second-order valence-corrected chi connectivity index (χ2v) is 5.72. The van der Waals surface area contributed by atoms with Crippen LogP contribution in [0.2, 0.25) is 0 Å². The standard InChI is InChI=1S/C6H5.Fe.HO3S/c1-2-4-6-5-3-1;;1-4(2)3/h1-5H;;(H,1,2,3). The predicted octanol–water partition coefficient (Wildman–Crippen LogP) is 0.197. The molecule has 0 aliphatic rings. The normalized spacial score (nSPS) is 11.7. The van der Waals surface area contributed by atoms with Crippen molar-refractivity contribution in [3.63, 3.8) is 0 Å². The van der Waals surface area contributed by atoms with E-state index in [1.54, 1.807) is 30.3 Å². The van der Waals surface area contributed by atoms with Gasteiger partial charge in [-0.1, -0.05) is 0 Å². The van der Waals surface area contributed by atoms with E-state index < -0.39 is 8.54 Å². The molecule has 0 aromatic heterocycles. The van der Waals surface area contributed by atoms with Crippen LogP contribution in [0.25, 0.3) is 0 Å². The molecule has 1 aromatic rings. The van der Waals surface area contributed by atoms with Crippen LogP contribution in [0.15, 0.2) is 30.3 Å². The molecule has 0 atom stereocenters. The number of rotatable bonds is 2. The van der Waals surface area contributed by atoms with Gasteiger partial charge in [-0.2, -0.15) is 0 Å². The molecule has 11 heavy (non-hydrogen) atoms. The quantitative estimate of drug-likeness (QED) is 0.565. The molecule has 0 unspecified atom stereocenters. The van der Waals surface area contributed by atoms with E-state index in [0.717, 1.165) is 0 Å². The molecular weight excluding hydrogens is 208 g/mol. The van der Waals surface area contributed by atoms with E-state index in [-0.39, 0.29) is 13.8 Å². The summed E-state index contributed by atoms with van der Waals surface area (Å²) in [4.78, 5) is 0. The van der Waals surface area contributed by atoms with Crippen molar-refractivity contribution in [2.45, 2.75) is 0 Å². The third-order valence-electron chi connectivity index (χ3n) is 0.900. The summed E-state index contributed by atoms with van der Waals surface area (Å²) in [7, 11) is -3.88. The Morgan fingerprint density at radius 3 is 2.18 bits per heavy atom. The number of benzene rings is 1. The molecule has 0 amide bonds. The monoisotopic (exact) mass is 214 g/mol. The van der Waals surface area contributed by atoms with E-state index in [0.29, 0.717) is 4.46 Å². The topological polar surface area (TPSA) is 54.4 Å². The van der Waals surface area contributed by atoms with Crippen LogP contribution < -0.4 is 4.46 Å². The van der Waals surface area contributed by atoms with E-state index in [1.165, 1.54) is 0 Å². The first-order valence-corrected chi connectivity index (χ1v) is 5.97. The number of hydrogen-bond acceptors (Lipinski definition) is 2. The van der Waals surface area contributed by atoms with Gasteiger partial charge in [0.15, 0.2) is 0 Å². The Morgan fingerprint density at radius 1 is 1.18 bits per heavy atom. The second kappa shape index (κ2) is 3.36. The SMILES string of the molecule is O=[S](=O)(O)[Fe][c]1ccccc1. The summed E-state index contributed by atoms with van der Waals surface area (Å²) in [6.45, 7) is 0. The minimum absolute atomic E-state index is 0.312. The Balaban J connectivity index is 2.82. The summed E-state index contributed by atoms with van der Waals surface area (Å²) < 4.78 is 29.7. The fourth-order valence-electron chi connectivity index (χ4n) is 0.563. The molecule has 62 valence electrons. The Kier molecular flexibility index (Phi) is 2.67. The molecule has 3 nitrogen and oxygen atoms in total. The van der Waals surface area contributed by atoms with Crippen LogP contribution in [0.1, 0.15) is 0 Å². The van der Waals surface area contributed by atoms with Gasteiger partial charge in [0.1, 0.15) is 0 Å². The molecule has 0 saturated carbocycles. The van der Waals surface area contributed by atoms with Crippen molar-refractivity contribution < 1.29 is 26.8 Å². The zero-order chi connectivity index (χ0) is 8.32. The van der Waals surface area contributed by atoms with Crippen molar-refractivity contribution in [3.05, 3.63) is 30.3 Å². The van der Waals surface area contributed by atoms with Crippen LogP contribution in [0.4, 0.5) is 0 Å². The molecule has 0 saturated heterocycles. The van der Waals surface area contributed by atoms with Gasteiger partial charge < -0.3 is 0 Å². The van der Waals surface area contributed by atoms with Gasteiger partial charge in [0.2, 0.25) is 0 Å². The molecule has 1 aromatic carbocycles. The molecule has 0 aliphatic heterocycles. The average Bonchev–Trinajstić information content (AvgIpc) is 1.85. The third kappa shape index (κ3) is 3.53. The fraction of sp³-hybridized carbons (Fsp3) is 0. The molecule has 1 N–H and O–H groups in total. The van der Waals surface area contributed by atoms with Crippen LogP contribution in [0.5, 0.6) is 0 Å². The molecular formula is C6H6FeO3S. The van der Waals surface area contributed by atoms with Gasteiger partial charge >= 0.3 is 70.1 Å². The molecule has 5 heteroatoms. The van der Waals surface area contributed by atoms with Gasteiger partial charge in [0.05, 0.1) is 0 Å². The Morgan fingerprint density at radius 2 is 1.73 bits per heavy atom. The summed E-state index contributed by atoms with van der Waals surface area (Å²) >= 11 is -0.312. The summed E-state index contributed by atoms with van der Waals surface area (Å²) in [5.41, 5.74) is 0. The zero-order valence-electron chi connectivity index (χ0n) is 5.41. The summed E-state index contributed by atoms with van der Waals surface area (Å²) in [6, 6.07) is 8.52. The van der Waals surface area contributed by atoms with Gasteiger partial charge in [-0.3, -0.25) is 0 Å². The summed E-state index contributed by atoms with van der Waals surface area (Å²) in [5.74, 6) is 0. The van der Waals surface area contributed by atoms with E-state index in [1.807, 2.05) is 0 Å². The second-order valence-electron chi connectivity index (χ2n) is 1.75. The Hall–Kier alpha value is -0.351. The predicted molar refractivity (Wildman–Crippen MR) is 37.6 cm³/mol. The van der Waals surface area contributed by atoms with Crippen LogP contribution in [0, 0.1) is 0 Å². The van der Waals surface area contributed by atoms with Crippen molar-refractivity contribution in [2.24, 2.45) is 0 Å². The molecule has 0 aliphatic carbocycles. The van der Waals surface area contributed by atoms with Gasteiger partial charge in [-0.05, 0) is 0 Å². The van der Waals surface area contributed by atoms with Gasteiger partial charge in [0.25, 0.3) is 0 Å². The van der Waals surface area contributed by atoms with Gasteiger partial charge in [0, 0.05) is 0 Å². The van der Waals surface area contributed by atoms with E-state index in [4.69, 9.17) is 4.55 Å². The maximum atomic E-state index is 10.4. The van der Waals surface area contributed by atoms with Crippen molar-refractivity contribution in [2.75, 3.05) is 0 Å². The van der Waals surface area contributed by atoms with Crippen molar-refractivity contribution in [1.82, 2.24) is 0 Å². The molecule has 0 radical (unpaired) electrons. The van der Waals surface area contributed by atoms with E-state index in [9.17, 15) is 8.42 Å². The molecule has 0 heterocycles. The summed E-state index contributed by atoms with van der Waals surface area (Å²) in [6.07, 6.45) is 0. The van der Waals surface area contributed by atoms with Crippen molar-refractivity contribution in [3.8, 4) is 0 Å². The Labute approximate surface area is 70.4 Å². The van der Waals surface area contributed by atoms with Crippen molar-refractivity contribution in [1.29, 1.82) is 0 Å². The van der Waals surface area contributed by atoms with Crippen LogP contribution in [-0.4, -0.2) is 13.0 Å². The first kappa shape index (κ1) is 8.74. The first-order valence-electron chi connectivity index (χ1n) is 2.75. The third-order valence-corrected chi connectivity index (χ3v) is 3.25. The van der Waals surface area contributed by atoms with Gasteiger partial charge in [-0.25, -0.2) is 0 Å². The zero-order valence-corrected chi connectivity index (χ0v) is 7.33. The first-order chi connectivity index (χ1) is 5.08. The fourth-order valence-corrected chi connectivity index (χ4v) is 2.52. The van der Waals surface area contributed by atoms with Gasteiger partial charge in [-0.15, -0.1) is 0 Å².